The van der Waals surface area contributed by atoms with Crippen molar-refractivity contribution in [2.45, 2.75) is 31.8 Å². The number of nitrogens with zero attached hydrogens (tertiary/aromatic N) is 1. The summed E-state index contributed by atoms with van der Waals surface area (Å²) in [7, 11) is 1.61. The second-order valence-corrected chi connectivity index (χ2v) is 6.28. The summed E-state index contributed by atoms with van der Waals surface area (Å²) in [6, 6.07) is 6.21. The second kappa shape index (κ2) is 7.41. The van der Waals surface area contributed by atoms with Gasteiger partial charge in [0.05, 0.1) is 6.54 Å². The van der Waals surface area contributed by atoms with Crippen molar-refractivity contribution in [1.29, 1.82) is 0 Å². The molecule has 1 saturated heterocycles. The molecule has 1 aliphatic rings. The van der Waals surface area contributed by atoms with Crippen LogP contribution in [0.3, 0.4) is 0 Å². The number of hydrogen-bond donors (Lipinski definition) is 3. The zero-order chi connectivity index (χ0) is 17.0. The van der Waals surface area contributed by atoms with Crippen LogP contribution in [-0.4, -0.2) is 52.5 Å². The van der Waals surface area contributed by atoms with Gasteiger partial charge in [-0.25, -0.2) is 0 Å². The van der Waals surface area contributed by atoms with E-state index in [9.17, 15) is 14.7 Å². The molecule has 1 fully saturated rings. The summed E-state index contributed by atoms with van der Waals surface area (Å²) in [5, 5.41) is 16.0. The first-order chi connectivity index (χ1) is 10.8. The molecule has 0 bridgehead atoms. The number of ketones is 1. The van der Waals surface area contributed by atoms with Gasteiger partial charge in [0.1, 0.15) is 5.75 Å². The van der Waals surface area contributed by atoms with Crippen molar-refractivity contribution in [3.05, 3.63) is 29.8 Å². The normalized spacial score (nSPS) is 20.3. The number of rotatable bonds is 5. The van der Waals surface area contributed by atoms with E-state index in [1.807, 2.05) is 6.92 Å². The highest BCUT2D eigenvalue weighted by atomic mass is 32.1. The lowest BCUT2D eigenvalue weighted by atomic mass is 10.0. The molecule has 0 saturated carbocycles. The molecule has 6 nitrogen and oxygen atoms in total. The third-order valence-corrected chi connectivity index (χ3v) is 4.00. The smallest absolute Gasteiger partial charge is 0.224 e. The van der Waals surface area contributed by atoms with E-state index in [0.717, 1.165) is 6.42 Å². The Bertz CT molecular complexity index is 603. The summed E-state index contributed by atoms with van der Waals surface area (Å²) < 4.78 is 0. The van der Waals surface area contributed by atoms with Crippen molar-refractivity contribution in [3.63, 3.8) is 0 Å². The molecule has 2 atom stereocenters. The van der Waals surface area contributed by atoms with Crippen molar-refractivity contribution in [1.82, 2.24) is 15.5 Å². The van der Waals surface area contributed by atoms with Crippen molar-refractivity contribution < 1.29 is 14.7 Å². The first-order valence-electron chi connectivity index (χ1n) is 7.48. The number of Topliss-reactive ketones (excluding diaryl/α,β-unsaturated/α-hetero) is 1. The van der Waals surface area contributed by atoms with Crippen molar-refractivity contribution >= 4 is 29.0 Å². The largest absolute Gasteiger partial charge is 0.508 e. The highest BCUT2D eigenvalue weighted by Crippen LogP contribution is 2.12. The van der Waals surface area contributed by atoms with Crippen LogP contribution in [-0.2, 0) is 4.79 Å². The number of amides is 1. The van der Waals surface area contributed by atoms with Gasteiger partial charge in [-0.1, -0.05) is 0 Å². The van der Waals surface area contributed by atoms with Gasteiger partial charge in [-0.3, -0.25) is 9.59 Å². The van der Waals surface area contributed by atoms with Crippen LogP contribution in [0.15, 0.2) is 24.3 Å². The van der Waals surface area contributed by atoms with Gasteiger partial charge < -0.3 is 20.6 Å². The fourth-order valence-corrected chi connectivity index (χ4v) is 2.91. The number of aromatic hydroxyl groups is 1. The summed E-state index contributed by atoms with van der Waals surface area (Å²) >= 11 is 5.10. The number of phenolic OH excluding ortho intramolecular Hbond substituents is 1. The molecule has 2 rings (SSSR count). The summed E-state index contributed by atoms with van der Waals surface area (Å²) in [5.74, 6) is -0.164. The molecular formula is C16H21N3O3S. The first-order valence-corrected chi connectivity index (χ1v) is 7.89. The molecule has 0 aliphatic carbocycles. The number of likely N-dealkylation sites (N-methyl/N-ethyl adjacent to an activating group) is 1. The average molecular weight is 335 g/mol. The van der Waals surface area contributed by atoms with Crippen LogP contribution in [0.4, 0.5) is 0 Å². The summed E-state index contributed by atoms with van der Waals surface area (Å²) in [6.07, 6.45) is 1.09. The maximum Gasteiger partial charge on any atom is 0.224 e. The van der Waals surface area contributed by atoms with E-state index in [1.54, 1.807) is 19.2 Å². The van der Waals surface area contributed by atoms with Crippen molar-refractivity contribution in [2.75, 3.05) is 13.6 Å². The second-order valence-electron chi connectivity index (χ2n) is 5.88. The molecule has 1 aliphatic heterocycles. The van der Waals surface area contributed by atoms with Gasteiger partial charge in [-0.05, 0) is 49.8 Å². The Morgan fingerprint density at radius 3 is 2.57 bits per heavy atom. The van der Waals surface area contributed by atoms with Crippen LogP contribution in [0.25, 0.3) is 0 Å². The molecule has 1 heterocycles. The number of hydrogen-bond acceptors (Lipinski definition) is 4. The van der Waals surface area contributed by atoms with Crippen molar-refractivity contribution in [2.24, 2.45) is 0 Å². The molecule has 1 aromatic rings. The number of carbonyl (C=O) groups excluding carboxylic acids is 2. The van der Waals surface area contributed by atoms with E-state index in [4.69, 9.17) is 12.2 Å². The monoisotopic (exact) mass is 335 g/mol. The van der Waals surface area contributed by atoms with E-state index < -0.39 is 0 Å². The molecule has 7 heteroatoms. The van der Waals surface area contributed by atoms with Crippen LogP contribution < -0.4 is 10.6 Å². The lowest BCUT2D eigenvalue weighted by molar-refractivity contribution is -0.130. The number of phenols is 1. The molecule has 0 aromatic heterocycles. The van der Waals surface area contributed by atoms with Crippen LogP contribution in [0.1, 0.15) is 30.1 Å². The van der Waals surface area contributed by atoms with E-state index in [0.29, 0.717) is 17.1 Å². The standard InChI is InChI=1S/C16H21N3O3S/c1-10-7-12(18-16(23)17-10)8-15(22)19(2)9-14(21)11-3-5-13(20)6-4-11/h3-6,10,12,20H,7-9H2,1-2H3,(H2,17,18,23)/t10-,12+/m1/s1. The Hall–Kier alpha value is -2.15. The van der Waals surface area contributed by atoms with Gasteiger partial charge in [0.25, 0.3) is 0 Å². The Kier molecular flexibility index (Phi) is 5.54. The quantitative estimate of drug-likeness (QED) is 0.551. The van der Waals surface area contributed by atoms with E-state index in [2.05, 4.69) is 10.6 Å². The Balaban J connectivity index is 1.88. The number of thiocarbonyl (C=S) groups is 1. The highest BCUT2D eigenvalue weighted by molar-refractivity contribution is 7.80. The molecule has 23 heavy (non-hydrogen) atoms. The molecule has 3 N–H and O–H groups in total. The zero-order valence-electron chi connectivity index (χ0n) is 13.2. The van der Waals surface area contributed by atoms with Crippen LogP contribution in [0.2, 0.25) is 0 Å². The van der Waals surface area contributed by atoms with E-state index in [1.165, 1.54) is 17.0 Å². The van der Waals surface area contributed by atoms with Crippen molar-refractivity contribution in [3.8, 4) is 5.75 Å². The highest BCUT2D eigenvalue weighted by Gasteiger charge is 2.25. The predicted molar refractivity (Wildman–Crippen MR) is 91.4 cm³/mol. The Labute approximate surface area is 140 Å². The maximum absolute atomic E-state index is 12.3. The predicted octanol–water partition coefficient (Wildman–Crippen LogP) is 1.05. The van der Waals surface area contributed by atoms with Gasteiger partial charge in [0.15, 0.2) is 10.9 Å². The maximum atomic E-state index is 12.3. The first kappa shape index (κ1) is 17.2. The van der Waals surface area contributed by atoms with E-state index in [-0.39, 0.29) is 36.1 Å². The summed E-state index contributed by atoms with van der Waals surface area (Å²) in [6.45, 7) is 2.03. The van der Waals surface area contributed by atoms with Gasteiger partial charge >= 0.3 is 0 Å². The van der Waals surface area contributed by atoms with Crippen LogP contribution in [0, 0.1) is 0 Å². The molecular weight excluding hydrogens is 314 g/mol. The van der Waals surface area contributed by atoms with Gasteiger partial charge in [-0.15, -0.1) is 0 Å². The molecule has 1 amide bonds. The zero-order valence-corrected chi connectivity index (χ0v) is 14.0. The minimum atomic E-state index is -0.164. The third kappa shape index (κ3) is 4.92. The summed E-state index contributed by atoms with van der Waals surface area (Å²) in [4.78, 5) is 25.8. The van der Waals surface area contributed by atoms with Crippen LogP contribution >= 0.6 is 12.2 Å². The Morgan fingerprint density at radius 2 is 1.96 bits per heavy atom. The fraction of sp³-hybridized carbons (Fsp3) is 0.438. The number of nitrogens with one attached hydrogen (secondary N) is 2. The molecule has 0 unspecified atom stereocenters. The van der Waals surface area contributed by atoms with E-state index >= 15 is 0 Å². The fourth-order valence-electron chi connectivity index (χ4n) is 2.54. The van der Waals surface area contributed by atoms with Crippen LogP contribution in [0.5, 0.6) is 5.75 Å². The summed E-state index contributed by atoms with van der Waals surface area (Å²) in [5.41, 5.74) is 0.470. The number of benzene rings is 1. The molecule has 0 spiro atoms. The molecule has 0 radical (unpaired) electrons. The van der Waals surface area contributed by atoms with Gasteiger partial charge in [0, 0.05) is 31.1 Å². The lowest BCUT2D eigenvalue weighted by Gasteiger charge is -2.31. The minimum Gasteiger partial charge on any atom is -0.508 e. The number of carbonyl (C=O) groups is 2. The SMILES string of the molecule is C[C@@H]1C[C@@H](CC(=O)N(C)CC(=O)c2ccc(O)cc2)NC(=S)N1. The topological polar surface area (TPSA) is 81.7 Å². The minimum absolute atomic E-state index is 0.00851. The molecule has 124 valence electrons. The lowest BCUT2D eigenvalue weighted by Crippen LogP contribution is -2.54. The Morgan fingerprint density at radius 1 is 1.30 bits per heavy atom. The average Bonchev–Trinajstić information content (AvgIpc) is 2.46. The van der Waals surface area contributed by atoms with Gasteiger partial charge in [-0.2, -0.15) is 0 Å². The van der Waals surface area contributed by atoms with Gasteiger partial charge in [0.2, 0.25) is 5.91 Å². The third-order valence-electron chi connectivity index (χ3n) is 3.77. The molecule has 1 aromatic carbocycles.